The van der Waals surface area contributed by atoms with Gasteiger partial charge in [0.15, 0.2) is 0 Å². The van der Waals surface area contributed by atoms with E-state index in [-0.39, 0.29) is 6.04 Å². The van der Waals surface area contributed by atoms with Crippen molar-refractivity contribution in [2.24, 2.45) is 5.73 Å². The van der Waals surface area contributed by atoms with Crippen LogP contribution in [-0.2, 0) is 12.8 Å². The number of fused-ring (bicyclic) bond motifs is 1. The first-order valence-corrected chi connectivity index (χ1v) is 7.62. The van der Waals surface area contributed by atoms with Crippen LogP contribution in [0.2, 0.25) is 0 Å². The lowest BCUT2D eigenvalue weighted by Gasteiger charge is -2.21. The second kappa shape index (κ2) is 5.48. The first-order chi connectivity index (χ1) is 9.25. The predicted molar refractivity (Wildman–Crippen MR) is 83.3 cm³/mol. The lowest BCUT2D eigenvalue weighted by molar-refractivity contribution is 0.524. The van der Waals surface area contributed by atoms with Gasteiger partial charge in [-0.2, -0.15) is 0 Å². The fourth-order valence-electron chi connectivity index (χ4n) is 3.09. The Balaban J connectivity index is 1.79. The summed E-state index contributed by atoms with van der Waals surface area (Å²) in [6, 6.07) is 17.3. The molecular weight excluding hydrogens is 298 g/mol. The van der Waals surface area contributed by atoms with Crippen molar-refractivity contribution >= 4 is 15.9 Å². The van der Waals surface area contributed by atoms with E-state index in [9.17, 15) is 0 Å². The van der Waals surface area contributed by atoms with Crippen LogP contribution < -0.4 is 5.73 Å². The third-order valence-corrected chi connectivity index (χ3v) is 4.88. The molecule has 1 aliphatic carbocycles. The molecule has 0 spiro atoms. The van der Waals surface area contributed by atoms with Crippen LogP contribution in [0, 0.1) is 0 Å². The van der Waals surface area contributed by atoms with Crippen LogP contribution in [0.4, 0.5) is 0 Å². The second-order valence-corrected chi connectivity index (χ2v) is 6.16. The van der Waals surface area contributed by atoms with E-state index in [1.807, 2.05) is 6.07 Å². The molecule has 0 bridgehead atoms. The average Bonchev–Trinajstić information content (AvgIpc) is 2.85. The highest BCUT2D eigenvalue weighted by atomic mass is 79.9. The first kappa shape index (κ1) is 12.9. The summed E-state index contributed by atoms with van der Waals surface area (Å²) in [4.78, 5) is 0. The van der Waals surface area contributed by atoms with Crippen molar-refractivity contribution in [3.63, 3.8) is 0 Å². The summed E-state index contributed by atoms with van der Waals surface area (Å²) in [5.74, 6) is 0.503. The highest BCUT2D eigenvalue weighted by Crippen LogP contribution is 2.36. The summed E-state index contributed by atoms with van der Waals surface area (Å²) in [7, 11) is 0. The van der Waals surface area contributed by atoms with Crippen LogP contribution in [0.25, 0.3) is 0 Å². The predicted octanol–water partition coefficient (Wildman–Crippen LogP) is 4.05. The largest absolute Gasteiger partial charge is 0.327 e. The van der Waals surface area contributed by atoms with E-state index >= 15 is 0 Å². The maximum Gasteiger partial charge on any atom is 0.0207 e. The molecule has 98 valence electrons. The van der Waals surface area contributed by atoms with Gasteiger partial charge in [-0.25, -0.2) is 0 Å². The number of aryl methyl sites for hydroxylation is 1. The fourth-order valence-corrected chi connectivity index (χ4v) is 3.54. The molecule has 0 radical (unpaired) electrons. The zero-order valence-corrected chi connectivity index (χ0v) is 12.4. The van der Waals surface area contributed by atoms with Gasteiger partial charge in [0.2, 0.25) is 0 Å². The summed E-state index contributed by atoms with van der Waals surface area (Å²) in [6.45, 7) is 0. The Bertz CT molecular complexity index is 579. The van der Waals surface area contributed by atoms with Crippen molar-refractivity contribution in [2.75, 3.05) is 0 Å². The van der Waals surface area contributed by atoms with Gasteiger partial charge in [-0.15, -0.1) is 0 Å². The molecule has 2 unspecified atom stereocenters. The molecule has 0 heterocycles. The maximum absolute atomic E-state index is 6.47. The number of rotatable bonds is 3. The van der Waals surface area contributed by atoms with Crippen LogP contribution in [0.15, 0.2) is 53.0 Å². The summed E-state index contributed by atoms with van der Waals surface area (Å²) >= 11 is 3.61. The van der Waals surface area contributed by atoms with Gasteiger partial charge in [-0.3, -0.25) is 0 Å². The summed E-state index contributed by atoms with van der Waals surface area (Å²) < 4.78 is 1.16. The SMILES string of the molecule is NC(Cc1ccccc1Br)C1CCc2ccccc21. The highest BCUT2D eigenvalue weighted by Gasteiger charge is 2.27. The minimum Gasteiger partial charge on any atom is -0.327 e. The van der Waals surface area contributed by atoms with Gasteiger partial charge in [0.05, 0.1) is 0 Å². The third kappa shape index (κ3) is 2.60. The molecule has 2 aromatic carbocycles. The number of hydrogen-bond donors (Lipinski definition) is 1. The molecular formula is C17H18BrN. The van der Waals surface area contributed by atoms with Crippen molar-refractivity contribution in [2.45, 2.75) is 31.2 Å². The van der Waals surface area contributed by atoms with E-state index < -0.39 is 0 Å². The Morgan fingerprint density at radius 2 is 1.84 bits per heavy atom. The van der Waals surface area contributed by atoms with E-state index in [4.69, 9.17) is 5.73 Å². The molecule has 2 aromatic rings. The fraction of sp³-hybridized carbons (Fsp3) is 0.294. The minimum absolute atomic E-state index is 0.197. The smallest absolute Gasteiger partial charge is 0.0207 e. The monoisotopic (exact) mass is 315 g/mol. The van der Waals surface area contributed by atoms with Crippen molar-refractivity contribution in [3.05, 3.63) is 69.7 Å². The van der Waals surface area contributed by atoms with Gasteiger partial charge < -0.3 is 5.73 Å². The van der Waals surface area contributed by atoms with E-state index in [1.165, 1.54) is 29.5 Å². The molecule has 0 aliphatic heterocycles. The molecule has 1 nitrogen and oxygen atoms in total. The molecule has 0 saturated carbocycles. The van der Waals surface area contributed by atoms with Gasteiger partial charge in [-0.05, 0) is 47.9 Å². The lowest BCUT2D eigenvalue weighted by Crippen LogP contribution is -2.29. The van der Waals surface area contributed by atoms with E-state index in [0.29, 0.717) is 5.92 Å². The quantitative estimate of drug-likeness (QED) is 0.908. The topological polar surface area (TPSA) is 26.0 Å². The number of nitrogens with two attached hydrogens (primary N) is 1. The normalized spacial score (nSPS) is 19.2. The number of halogens is 1. The average molecular weight is 316 g/mol. The molecule has 2 heteroatoms. The van der Waals surface area contributed by atoms with Gasteiger partial charge in [0, 0.05) is 10.5 Å². The van der Waals surface area contributed by atoms with Crippen LogP contribution in [-0.4, -0.2) is 6.04 Å². The summed E-state index contributed by atoms with van der Waals surface area (Å²) in [5, 5.41) is 0. The Morgan fingerprint density at radius 3 is 2.68 bits per heavy atom. The minimum atomic E-state index is 0.197. The van der Waals surface area contributed by atoms with Gasteiger partial charge in [0.1, 0.15) is 0 Å². The van der Waals surface area contributed by atoms with Crippen molar-refractivity contribution in [1.82, 2.24) is 0 Å². The van der Waals surface area contributed by atoms with Crippen molar-refractivity contribution < 1.29 is 0 Å². The summed E-state index contributed by atoms with van der Waals surface area (Å²) in [5.41, 5.74) is 10.7. The first-order valence-electron chi connectivity index (χ1n) is 6.82. The van der Waals surface area contributed by atoms with Gasteiger partial charge in [0.25, 0.3) is 0 Å². The van der Waals surface area contributed by atoms with Crippen LogP contribution >= 0.6 is 15.9 Å². The molecule has 0 saturated heterocycles. The molecule has 2 N–H and O–H groups in total. The molecule has 19 heavy (non-hydrogen) atoms. The van der Waals surface area contributed by atoms with Crippen LogP contribution in [0.5, 0.6) is 0 Å². The lowest BCUT2D eigenvalue weighted by atomic mass is 9.89. The zero-order chi connectivity index (χ0) is 13.2. The molecule has 1 aliphatic rings. The molecule has 0 fully saturated rings. The Hall–Kier alpha value is -1.12. The van der Waals surface area contributed by atoms with Crippen molar-refractivity contribution in [3.8, 4) is 0 Å². The Kier molecular flexibility index (Phi) is 3.72. The van der Waals surface area contributed by atoms with Crippen LogP contribution in [0.1, 0.15) is 29.0 Å². The van der Waals surface area contributed by atoms with Crippen LogP contribution in [0.3, 0.4) is 0 Å². The summed E-state index contributed by atoms with van der Waals surface area (Å²) in [6.07, 6.45) is 3.29. The van der Waals surface area contributed by atoms with E-state index in [0.717, 1.165) is 10.9 Å². The van der Waals surface area contributed by atoms with E-state index in [1.54, 1.807) is 0 Å². The standard InChI is InChI=1S/C17H18BrN/c18-16-8-4-2-6-13(16)11-17(19)15-10-9-12-5-1-3-7-14(12)15/h1-8,15,17H,9-11,19H2. The highest BCUT2D eigenvalue weighted by molar-refractivity contribution is 9.10. The van der Waals surface area contributed by atoms with E-state index in [2.05, 4.69) is 58.4 Å². The van der Waals surface area contributed by atoms with Gasteiger partial charge >= 0.3 is 0 Å². The Labute approximate surface area is 123 Å². The zero-order valence-electron chi connectivity index (χ0n) is 10.9. The third-order valence-electron chi connectivity index (χ3n) is 4.11. The number of benzene rings is 2. The second-order valence-electron chi connectivity index (χ2n) is 5.30. The maximum atomic E-state index is 6.47. The molecule has 0 aromatic heterocycles. The van der Waals surface area contributed by atoms with Gasteiger partial charge in [-0.1, -0.05) is 58.4 Å². The molecule has 3 rings (SSSR count). The number of hydrogen-bond acceptors (Lipinski definition) is 1. The molecule has 2 atom stereocenters. The Morgan fingerprint density at radius 1 is 1.11 bits per heavy atom. The molecule has 0 amide bonds. The van der Waals surface area contributed by atoms with Crippen molar-refractivity contribution in [1.29, 1.82) is 0 Å².